The maximum absolute atomic E-state index is 12.9. The zero-order valence-electron chi connectivity index (χ0n) is 35.6. The van der Waals surface area contributed by atoms with Gasteiger partial charge in [-0.2, -0.15) is 0 Å². The molecular weight excluding hydrogens is 645 g/mol. The molecule has 0 bridgehead atoms. The van der Waals surface area contributed by atoms with Crippen molar-refractivity contribution in [2.75, 3.05) is 0 Å². The summed E-state index contributed by atoms with van der Waals surface area (Å²) in [6.07, 6.45) is 16.5. The molecule has 7 rings (SSSR count). The van der Waals surface area contributed by atoms with E-state index >= 15 is 0 Å². The summed E-state index contributed by atoms with van der Waals surface area (Å²) in [4.78, 5) is 12.9. The van der Waals surface area contributed by atoms with Crippen LogP contribution >= 0.6 is 0 Å². The third-order valence-corrected chi connectivity index (χ3v) is 19.2. The molecule has 9 unspecified atom stereocenters. The highest BCUT2D eigenvalue weighted by Crippen LogP contribution is 2.74. The summed E-state index contributed by atoms with van der Waals surface area (Å²) in [5.74, 6) is 4.23. The molecule has 0 amide bonds. The highest BCUT2D eigenvalue weighted by molar-refractivity contribution is 5.63. The molecule has 0 N–H and O–H groups in total. The van der Waals surface area contributed by atoms with Gasteiger partial charge in [0, 0.05) is 11.3 Å². The van der Waals surface area contributed by atoms with Gasteiger partial charge in [-0.05, 0) is 147 Å². The van der Waals surface area contributed by atoms with Crippen molar-refractivity contribution in [1.82, 2.24) is 0 Å². The summed E-state index contributed by atoms with van der Waals surface area (Å²) >= 11 is 0. The summed E-state index contributed by atoms with van der Waals surface area (Å²) in [6.45, 7) is 31.5. The van der Waals surface area contributed by atoms with Crippen LogP contribution in [0.3, 0.4) is 0 Å². The lowest BCUT2D eigenvalue weighted by molar-refractivity contribution is -0.347. The van der Waals surface area contributed by atoms with Crippen molar-refractivity contribution in [1.29, 1.82) is 0 Å². The molecular formula is C47H78O5. The number of ether oxygens (including phenoxy) is 4. The Bertz CT molecular complexity index is 1350. The molecule has 0 spiro atoms. The minimum atomic E-state index is -0.378. The molecule has 2 saturated heterocycles. The molecule has 4 saturated carbocycles. The first-order valence-corrected chi connectivity index (χ1v) is 22.1. The highest BCUT2D eigenvalue weighted by Gasteiger charge is 2.67. The average molecular weight is 723 g/mol. The van der Waals surface area contributed by atoms with Crippen molar-refractivity contribution in [2.24, 2.45) is 80.3 Å². The van der Waals surface area contributed by atoms with E-state index in [1.54, 1.807) is 5.57 Å². The minimum Gasteiger partial charge on any atom is -0.349 e. The average Bonchev–Trinajstić information content (AvgIpc) is 3.10. The second kappa shape index (κ2) is 13.7. The Hall–Kier alpha value is -0.750. The normalized spacial score (nSPS) is 55.9. The van der Waals surface area contributed by atoms with Crippen molar-refractivity contribution in [3.63, 3.8) is 0 Å². The van der Waals surface area contributed by atoms with Gasteiger partial charge in [0.25, 0.3) is 0 Å². The number of hydrogen-bond donors (Lipinski definition) is 0. The lowest BCUT2D eigenvalue weighted by Gasteiger charge is -2.70. The van der Waals surface area contributed by atoms with Crippen LogP contribution in [0.2, 0.25) is 0 Å². The van der Waals surface area contributed by atoms with Gasteiger partial charge in [-0.1, -0.05) is 94.7 Å². The van der Waals surface area contributed by atoms with Crippen molar-refractivity contribution in [3.8, 4) is 0 Å². The Morgan fingerprint density at radius 2 is 1.46 bits per heavy atom. The van der Waals surface area contributed by atoms with Crippen LogP contribution in [-0.4, -0.2) is 43.3 Å². The zero-order chi connectivity index (χ0) is 37.8. The van der Waals surface area contributed by atoms with Gasteiger partial charge in [0.15, 0.2) is 12.6 Å². The summed E-state index contributed by atoms with van der Waals surface area (Å²) in [6, 6.07) is 0. The molecule has 52 heavy (non-hydrogen) atoms. The largest absolute Gasteiger partial charge is 0.349 e. The van der Waals surface area contributed by atoms with Gasteiger partial charge in [-0.3, -0.25) is 0 Å². The monoisotopic (exact) mass is 723 g/mol. The van der Waals surface area contributed by atoms with Crippen LogP contribution < -0.4 is 0 Å². The molecule has 0 aromatic carbocycles. The molecule has 0 aromatic rings. The molecule has 7 aliphatic rings. The van der Waals surface area contributed by atoms with Gasteiger partial charge in [-0.25, -0.2) is 0 Å². The lowest BCUT2D eigenvalue weighted by Crippen LogP contribution is -2.63. The van der Waals surface area contributed by atoms with Gasteiger partial charge in [0.2, 0.25) is 0 Å². The molecule has 0 radical (unpaired) electrons. The van der Waals surface area contributed by atoms with Crippen LogP contribution in [-0.2, 0) is 23.7 Å². The van der Waals surface area contributed by atoms with Gasteiger partial charge in [0.05, 0.1) is 18.3 Å². The van der Waals surface area contributed by atoms with E-state index in [-0.39, 0.29) is 58.7 Å². The van der Waals surface area contributed by atoms with Crippen LogP contribution in [0.25, 0.3) is 0 Å². The minimum absolute atomic E-state index is 0.124. The fourth-order valence-electron chi connectivity index (χ4n) is 14.4. The van der Waals surface area contributed by atoms with E-state index in [0.29, 0.717) is 58.7 Å². The van der Waals surface area contributed by atoms with Crippen molar-refractivity contribution < 1.29 is 23.7 Å². The van der Waals surface area contributed by atoms with E-state index in [4.69, 9.17) is 18.9 Å². The van der Waals surface area contributed by atoms with Crippen LogP contribution in [0.4, 0.5) is 0 Å². The smallest absolute Gasteiger partial charge is 0.184 e. The van der Waals surface area contributed by atoms with E-state index in [1.807, 2.05) is 0 Å². The first-order valence-electron chi connectivity index (χ1n) is 22.1. The van der Waals surface area contributed by atoms with Crippen LogP contribution in [0, 0.1) is 80.3 Å². The number of rotatable bonds is 6. The summed E-state index contributed by atoms with van der Waals surface area (Å²) in [5.41, 5.74) is 2.53. The van der Waals surface area contributed by atoms with Gasteiger partial charge in [0.1, 0.15) is 12.4 Å². The Morgan fingerprint density at radius 1 is 0.750 bits per heavy atom. The van der Waals surface area contributed by atoms with Crippen molar-refractivity contribution in [2.45, 2.75) is 198 Å². The SMILES string of the molecule is CCC1O[C@@H](OC2[C@H](O[C@H]3CCC4(C)C5CC=C6C7CC(C)(C)CC[C@]7(C=O)CCC6(C)[C@]5(C)CC[C@H]4C3C)OC(C)[C@@H](C)[C@@H]2C)C(C)[C@@H](C)[C@H]1C. The Morgan fingerprint density at radius 3 is 2.15 bits per heavy atom. The first-order chi connectivity index (χ1) is 24.4. The van der Waals surface area contributed by atoms with Crippen molar-refractivity contribution >= 4 is 6.29 Å². The van der Waals surface area contributed by atoms with E-state index in [2.05, 4.69) is 96.1 Å². The Balaban J connectivity index is 1.11. The predicted molar refractivity (Wildman–Crippen MR) is 209 cm³/mol. The first kappa shape index (κ1) is 39.5. The second-order valence-corrected chi connectivity index (χ2v) is 21.7. The molecule has 2 aliphatic heterocycles. The molecule has 5 nitrogen and oxygen atoms in total. The summed E-state index contributed by atoms with van der Waals surface area (Å²) < 4.78 is 27.8. The molecule has 0 aromatic heterocycles. The highest BCUT2D eigenvalue weighted by atomic mass is 16.7. The molecule has 5 heteroatoms. The van der Waals surface area contributed by atoms with Gasteiger partial charge < -0.3 is 23.7 Å². The second-order valence-electron chi connectivity index (χ2n) is 21.7. The Kier molecular flexibility index (Phi) is 10.4. The zero-order valence-corrected chi connectivity index (χ0v) is 35.6. The maximum Gasteiger partial charge on any atom is 0.184 e. The summed E-state index contributed by atoms with van der Waals surface area (Å²) in [7, 11) is 0. The third-order valence-electron chi connectivity index (χ3n) is 19.2. The third kappa shape index (κ3) is 5.91. The lowest BCUT2D eigenvalue weighted by atomic mass is 9.34. The topological polar surface area (TPSA) is 54.0 Å². The van der Waals surface area contributed by atoms with E-state index in [1.165, 1.54) is 44.8 Å². The summed E-state index contributed by atoms with van der Waals surface area (Å²) in [5, 5.41) is 0. The predicted octanol–water partition coefficient (Wildman–Crippen LogP) is 11.4. The number of aldehydes is 1. The molecule has 296 valence electrons. The fraction of sp³-hybridized carbons (Fsp3) is 0.936. The fourth-order valence-corrected chi connectivity index (χ4v) is 14.4. The number of carbonyl (C=O) groups excluding carboxylic acids is 1. The Labute approximate surface area is 318 Å². The van der Waals surface area contributed by atoms with Crippen LogP contribution in [0.5, 0.6) is 0 Å². The van der Waals surface area contributed by atoms with Gasteiger partial charge >= 0.3 is 0 Å². The molecule has 2 heterocycles. The molecule has 5 aliphatic carbocycles. The van der Waals surface area contributed by atoms with Crippen molar-refractivity contribution in [3.05, 3.63) is 11.6 Å². The van der Waals surface area contributed by atoms with E-state index in [0.717, 1.165) is 32.1 Å². The standard InChI is InChI=1S/C47H78O5/c1-14-37-29(4)27(2)31(6)41(50-37)52-40-30(5)28(3)33(8)49-42(40)51-38-18-19-44(11)34(32(38)7)17-20-46(13)39(44)16-15-35-36-25-43(9,10)21-23-47(36,26-48)24-22-45(35,46)12/h15,26-34,36-42H,14,16-25H2,1-13H3/t27-,28-,29+,30-,31?,32?,33?,34-,36?,37?,38-,39?,40?,41-,42-,44?,45?,46+,47+/m0/s1. The number of fused-ring (bicyclic) bond motifs is 7. The number of allylic oxidation sites excluding steroid dienone is 2. The molecule has 6 fully saturated rings. The quantitative estimate of drug-likeness (QED) is 0.155. The number of hydrogen-bond acceptors (Lipinski definition) is 5. The van der Waals surface area contributed by atoms with Crippen LogP contribution in [0.1, 0.15) is 161 Å². The molecule has 19 atom stereocenters. The van der Waals surface area contributed by atoms with Crippen LogP contribution in [0.15, 0.2) is 11.6 Å². The number of carbonyl (C=O) groups is 1. The van der Waals surface area contributed by atoms with E-state index in [9.17, 15) is 4.79 Å². The van der Waals surface area contributed by atoms with Gasteiger partial charge in [-0.15, -0.1) is 0 Å². The van der Waals surface area contributed by atoms with E-state index < -0.39 is 0 Å². The maximum atomic E-state index is 12.9.